The Morgan fingerprint density at radius 2 is 1.75 bits per heavy atom. The van der Waals surface area contributed by atoms with Gasteiger partial charge in [-0.05, 0) is 146 Å². The van der Waals surface area contributed by atoms with Gasteiger partial charge in [-0.3, -0.25) is 4.79 Å². The Labute approximate surface area is 341 Å². The summed E-state index contributed by atoms with van der Waals surface area (Å²) in [4.78, 5) is 19.2. The molecule has 7 aliphatic rings. The van der Waals surface area contributed by atoms with Crippen molar-refractivity contribution in [2.75, 3.05) is 44.3 Å². The second kappa shape index (κ2) is 14.3. The summed E-state index contributed by atoms with van der Waals surface area (Å²) >= 11 is 1.41. The molecule has 1 unspecified atom stereocenters. The first-order chi connectivity index (χ1) is 26.4. The highest BCUT2D eigenvalue weighted by atomic mass is 32.2. The van der Waals surface area contributed by atoms with Gasteiger partial charge in [0.25, 0.3) is 5.19 Å². The number of ether oxygens (including phenoxy) is 1. The first-order valence-electron chi connectivity index (χ1n) is 21.9. The van der Waals surface area contributed by atoms with Gasteiger partial charge in [-0.1, -0.05) is 70.3 Å². The van der Waals surface area contributed by atoms with E-state index in [2.05, 4.69) is 75.5 Å². The van der Waals surface area contributed by atoms with Gasteiger partial charge >= 0.3 is 5.97 Å². The van der Waals surface area contributed by atoms with Crippen LogP contribution in [0.5, 0.6) is 5.19 Å². The number of thiazole rings is 1. The Morgan fingerprint density at radius 3 is 2.41 bits per heavy atom. The molecular weight excluding hydrogens is 739 g/mol. The summed E-state index contributed by atoms with van der Waals surface area (Å²) in [5, 5.41) is 17.0. The maximum absolute atomic E-state index is 12.7. The molecular formula is C46H69N3O5S2. The molecule has 310 valence electrons. The third-order valence-corrected chi connectivity index (χ3v) is 20.6. The molecule has 1 aromatic heterocycles. The predicted molar refractivity (Wildman–Crippen MR) is 225 cm³/mol. The molecule has 56 heavy (non-hydrogen) atoms. The maximum Gasteiger partial charge on any atom is 0.313 e. The quantitative estimate of drug-likeness (QED) is 0.226. The lowest BCUT2D eigenvalue weighted by atomic mass is 9.33. The van der Waals surface area contributed by atoms with E-state index in [-0.39, 0.29) is 33.8 Å². The normalized spacial score (nSPS) is 42.9. The minimum absolute atomic E-state index is 0.0131. The van der Waals surface area contributed by atoms with Crippen molar-refractivity contribution in [3.8, 4) is 5.19 Å². The number of aromatic nitrogens is 1. The number of hydrogen-bond donors (Lipinski definition) is 2. The highest BCUT2D eigenvalue weighted by molar-refractivity contribution is 7.91. The summed E-state index contributed by atoms with van der Waals surface area (Å²) in [6.45, 7) is 23.3. The standard InChI is InChI=1S/C46H69N3O5S2/c1-31(2)33-12-19-46(48-22-24-49-25-28-56(52,53)29-26-49)21-20-43(6)35(38(33)46)8-9-37-42(5)15-13-34(41(3,4)36(42)14-16-44(37,43)7)32-10-17-45(18-11-32,39(50)51)30-54-40-47-23-27-55-40/h10,13,23,27,33,35-38,48H,1,8-9,11-12,14-22,24-26,28-30H2,2-7H3,(H,50,51)/t33-,35+,36-,37+,38+,42-,43+,44+,45?,46-/m0/s1. The molecule has 0 spiro atoms. The molecule has 2 heterocycles. The molecule has 10 atom stereocenters. The smallest absolute Gasteiger partial charge is 0.313 e. The van der Waals surface area contributed by atoms with E-state index < -0.39 is 21.2 Å². The highest BCUT2D eigenvalue weighted by Gasteiger charge is 2.70. The molecule has 0 amide bonds. The first-order valence-corrected chi connectivity index (χ1v) is 24.6. The van der Waals surface area contributed by atoms with Gasteiger partial charge in [-0.15, -0.1) is 0 Å². The minimum atomic E-state index is -2.87. The van der Waals surface area contributed by atoms with E-state index in [1.807, 2.05) is 5.38 Å². The van der Waals surface area contributed by atoms with Crippen LogP contribution in [0.25, 0.3) is 0 Å². The summed E-state index contributed by atoms with van der Waals surface area (Å²) in [7, 11) is -2.87. The minimum Gasteiger partial charge on any atom is -0.481 e. The van der Waals surface area contributed by atoms with Crippen molar-refractivity contribution in [2.45, 2.75) is 124 Å². The highest BCUT2D eigenvalue weighted by Crippen LogP contribution is 2.76. The van der Waals surface area contributed by atoms with Gasteiger partial charge in [0.1, 0.15) is 12.0 Å². The maximum atomic E-state index is 12.7. The van der Waals surface area contributed by atoms with Gasteiger partial charge in [0, 0.05) is 43.3 Å². The van der Waals surface area contributed by atoms with Crippen molar-refractivity contribution in [3.05, 3.63) is 47.0 Å². The zero-order valence-corrected chi connectivity index (χ0v) is 36.8. The summed E-state index contributed by atoms with van der Waals surface area (Å²) in [6.07, 6.45) is 19.6. The number of hydrogen-bond acceptors (Lipinski definition) is 8. The second-order valence-corrected chi connectivity index (χ2v) is 24.1. The van der Waals surface area contributed by atoms with E-state index in [1.54, 1.807) is 6.20 Å². The fraction of sp³-hybridized carbons (Fsp3) is 0.783. The van der Waals surface area contributed by atoms with Gasteiger partial charge in [0.15, 0.2) is 9.84 Å². The van der Waals surface area contributed by atoms with Crippen molar-refractivity contribution in [1.82, 2.24) is 15.2 Å². The average molecular weight is 808 g/mol. The number of nitrogens with one attached hydrogen (secondary N) is 1. The molecule has 2 N–H and O–H groups in total. The number of rotatable bonds is 10. The molecule has 8 rings (SSSR count). The van der Waals surface area contributed by atoms with Crippen molar-refractivity contribution >= 4 is 27.1 Å². The molecule has 4 saturated carbocycles. The summed E-state index contributed by atoms with van der Waals surface area (Å²) in [5.41, 5.74) is 4.18. The van der Waals surface area contributed by atoms with Crippen molar-refractivity contribution < 1.29 is 23.1 Å². The van der Waals surface area contributed by atoms with Crippen LogP contribution in [-0.4, -0.2) is 79.2 Å². The SMILES string of the molecule is C=C(C)[C@@H]1CC[C@]2(NCCN3CCS(=O)(=O)CC3)CC[C@]3(C)[C@H](CC[C@@H]4[C@@]5(C)CC=C(C6=CCC(COc7nccs7)(C(=O)O)CC6)C(C)(C)[C@@H]5CC[C@]43C)[C@@H]12. The largest absolute Gasteiger partial charge is 0.481 e. The van der Waals surface area contributed by atoms with E-state index in [0.29, 0.717) is 72.2 Å². The van der Waals surface area contributed by atoms with Crippen LogP contribution in [0.15, 0.2) is 47.0 Å². The Hall–Kier alpha value is -2.01. The molecule has 1 saturated heterocycles. The first kappa shape index (κ1) is 40.8. The molecule has 0 bridgehead atoms. The average Bonchev–Trinajstić information content (AvgIpc) is 3.81. The summed E-state index contributed by atoms with van der Waals surface area (Å²) in [5.74, 6) is 2.88. The van der Waals surface area contributed by atoms with E-state index >= 15 is 0 Å². The van der Waals surface area contributed by atoms with Crippen LogP contribution in [-0.2, 0) is 14.6 Å². The molecule has 6 aliphatic carbocycles. The number of nitrogens with zero attached hydrogens (tertiary/aromatic N) is 2. The third-order valence-electron chi connectivity index (χ3n) is 18.3. The Morgan fingerprint density at radius 1 is 0.982 bits per heavy atom. The third kappa shape index (κ3) is 6.43. The molecule has 1 aliphatic heterocycles. The van der Waals surface area contributed by atoms with Crippen LogP contribution in [0.3, 0.4) is 0 Å². The van der Waals surface area contributed by atoms with Crippen LogP contribution in [0.1, 0.15) is 119 Å². The lowest BCUT2D eigenvalue weighted by Gasteiger charge is -2.72. The van der Waals surface area contributed by atoms with Gasteiger partial charge in [0.05, 0.1) is 11.5 Å². The fourth-order valence-corrected chi connectivity index (χ4v) is 16.8. The topological polar surface area (TPSA) is 109 Å². The lowest BCUT2D eigenvalue weighted by Crippen LogP contribution is -2.68. The summed E-state index contributed by atoms with van der Waals surface area (Å²) < 4.78 is 30.1. The Balaban J connectivity index is 1.01. The molecule has 10 heteroatoms. The summed E-state index contributed by atoms with van der Waals surface area (Å²) in [6, 6.07) is 0. The Bertz CT molecular complexity index is 1860. The van der Waals surface area contributed by atoms with E-state index in [4.69, 9.17) is 4.74 Å². The van der Waals surface area contributed by atoms with Crippen molar-refractivity contribution in [2.24, 2.45) is 56.7 Å². The van der Waals surface area contributed by atoms with Crippen molar-refractivity contribution in [3.63, 3.8) is 0 Å². The lowest BCUT2D eigenvalue weighted by molar-refractivity contribution is -0.221. The van der Waals surface area contributed by atoms with Crippen molar-refractivity contribution in [1.29, 1.82) is 0 Å². The molecule has 5 fully saturated rings. The van der Waals surface area contributed by atoms with Crippen LogP contribution in [0, 0.1) is 56.7 Å². The molecule has 0 radical (unpaired) electrons. The number of aliphatic carboxylic acids is 1. The van der Waals surface area contributed by atoms with Gasteiger partial charge in [-0.2, -0.15) is 0 Å². The van der Waals surface area contributed by atoms with Crippen LogP contribution < -0.4 is 10.1 Å². The number of carbonyl (C=O) groups is 1. The van der Waals surface area contributed by atoms with Gasteiger partial charge in [-0.25, -0.2) is 13.4 Å². The molecule has 8 nitrogen and oxygen atoms in total. The zero-order chi connectivity index (χ0) is 39.9. The van der Waals surface area contributed by atoms with E-state index in [0.717, 1.165) is 25.9 Å². The number of fused-ring (bicyclic) bond motifs is 7. The monoisotopic (exact) mass is 807 g/mol. The number of carboxylic acids is 1. The fourth-order valence-electron chi connectivity index (χ4n) is 15.1. The second-order valence-electron chi connectivity index (χ2n) is 20.9. The van der Waals surface area contributed by atoms with Crippen LogP contribution in [0.2, 0.25) is 0 Å². The molecule has 0 aromatic carbocycles. The van der Waals surface area contributed by atoms with E-state index in [9.17, 15) is 18.3 Å². The van der Waals surface area contributed by atoms with Gasteiger partial charge < -0.3 is 20.1 Å². The Kier molecular flexibility index (Phi) is 10.4. The zero-order valence-electron chi connectivity index (χ0n) is 35.1. The van der Waals surface area contributed by atoms with Gasteiger partial charge in [0.2, 0.25) is 0 Å². The van der Waals surface area contributed by atoms with E-state index in [1.165, 1.54) is 79.4 Å². The number of allylic oxidation sites excluding steroid dienone is 5. The number of carboxylic acid groups (broad SMARTS) is 1. The van der Waals surface area contributed by atoms with Crippen LogP contribution >= 0.6 is 11.3 Å². The number of sulfone groups is 1. The predicted octanol–water partition coefficient (Wildman–Crippen LogP) is 8.97. The van der Waals surface area contributed by atoms with Crippen LogP contribution in [0.4, 0.5) is 0 Å². The molecule has 1 aromatic rings.